The van der Waals surface area contributed by atoms with Crippen molar-refractivity contribution in [2.45, 2.75) is 9.79 Å². The van der Waals surface area contributed by atoms with Gasteiger partial charge in [0.15, 0.2) is 6.61 Å². The molecular formula is C15H13ClN2O7S3. The third-order valence-electron chi connectivity index (χ3n) is 3.28. The molecule has 0 fully saturated rings. The second-order valence-electron chi connectivity index (χ2n) is 5.10. The molecule has 2 rings (SSSR count). The first-order valence-corrected chi connectivity index (χ1v) is 11.3. The summed E-state index contributed by atoms with van der Waals surface area (Å²) in [5, 5.41) is 11.1. The number of ether oxygens (including phenoxy) is 1. The van der Waals surface area contributed by atoms with Crippen molar-refractivity contribution in [1.29, 1.82) is 0 Å². The van der Waals surface area contributed by atoms with Gasteiger partial charge in [-0.25, -0.2) is 8.42 Å². The lowest BCUT2D eigenvalue weighted by atomic mass is 10.3. The summed E-state index contributed by atoms with van der Waals surface area (Å²) in [5.41, 5.74) is -0.363. The molecule has 0 saturated carbocycles. The number of hydrogen-bond donors (Lipinski definition) is 1. The highest BCUT2D eigenvalue weighted by Gasteiger charge is 2.22. The molecule has 1 heterocycles. The molecule has 1 aromatic heterocycles. The summed E-state index contributed by atoms with van der Waals surface area (Å²) >= 11 is 7.84. The highest BCUT2D eigenvalue weighted by Crippen LogP contribution is 2.29. The first-order chi connectivity index (χ1) is 13.1. The van der Waals surface area contributed by atoms with E-state index in [0.29, 0.717) is 14.1 Å². The van der Waals surface area contributed by atoms with E-state index in [1.54, 1.807) is 6.26 Å². The van der Waals surface area contributed by atoms with Gasteiger partial charge in [0, 0.05) is 6.07 Å². The van der Waals surface area contributed by atoms with Gasteiger partial charge in [-0.2, -0.15) is 4.72 Å². The van der Waals surface area contributed by atoms with Crippen molar-refractivity contribution in [2.24, 2.45) is 0 Å². The van der Waals surface area contributed by atoms with Crippen LogP contribution >= 0.6 is 34.7 Å². The van der Waals surface area contributed by atoms with Crippen LogP contribution in [0.3, 0.4) is 0 Å². The summed E-state index contributed by atoms with van der Waals surface area (Å²) in [6, 6.07) is 6.41. The van der Waals surface area contributed by atoms with Crippen LogP contribution in [0.1, 0.15) is 9.67 Å². The Hall–Kier alpha value is -1.99. The predicted molar refractivity (Wildman–Crippen MR) is 105 cm³/mol. The second kappa shape index (κ2) is 9.47. The van der Waals surface area contributed by atoms with E-state index in [1.165, 1.54) is 24.3 Å². The van der Waals surface area contributed by atoms with Gasteiger partial charge in [0.25, 0.3) is 5.69 Å². The first-order valence-electron chi connectivity index (χ1n) is 7.40. The van der Waals surface area contributed by atoms with Gasteiger partial charge in [0.2, 0.25) is 15.8 Å². The number of thiophene rings is 1. The van der Waals surface area contributed by atoms with Crippen LogP contribution in [0.5, 0.6) is 0 Å². The van der Waals surface area contributed by atoms with Crippen molar-refractivity contribution >= 4 is 62.2 Å². The number of rotatable bonds is 9. The number of Topliss-reactive ketones (excluding diaryl/α,β-unsaturated/α-hetero) is 1. The number of carbonyl (C=O) groups excluding carboxylic acids is 2. The van der Waals surface area contributed by atoms with Gasteiger partial charge < -0.3 is 4.74 Å². The molecule has 0 unspecified atom stereocenters. The van der Waals surface area contributed by atoms with Gasteiger partial charge >= 0.3 is 5.97 Å². The van der Waals surface area contributed by atoms with E-state index in [0.717, 1.165) is 29.2 Å². The maximum Gasteiger partial charge on any atom is 0.321 e. The molecule has 0 atom stereocenters. The number of carbonyl (C=O) groups is 2. The number of nitro benzene ring substituents is 1. The van der Waals surface area contributed by atoms with E-state index < -0.39 is 39.9 Å². The Kier molecular flexibility index (Phi) is 7.55. The Morgan fingerprint density at radius 2 is 2.04 bits per heavy atom. The van der Waals surface area contributed by atoms with E-state index in [-0.39, 0.29) is 10.6 Å². The standard InChI is InChI=1S/C15H13ClN2O7S3/c1-26-12-3-2-9(6-10(12)18(21)22)28(23,24)17-7-15(20)25-8-11(19)13-4-5-14(16)27-13/h2-6,17H,7-8H2,1H3. The predicted octanol–water partition coefficient (Wildman–Crippen LogP) is 2.74. The van der Waals surface area contributed by atoms with Crippen LogP contribution in [0.25, 0.3) is 0 Å². The number of sulfonamides is 1. The molecule has 28 heavy (non-hydrogen) atoms. The third kappa shape index (κ3) is 5.75. The third-order valence-corrected chi connectivity index (χ3v) is 6.73. The lowest BCUT2D eigenvalue weighted by Crippen LogP contribution is -2.31. The first kappa shape index (κ1) is 22.3. The SMILES string of the molecule is CSc1ccc(S(=O)(=O)NCC(=O)OCC(=O)c2ccc(Cl)s2)cc1[N+](=O)[O-]. The topological polar surface area (TPSA) is 133 Å². The van der Waals surface area contributed by atoms with Crippen molar-refractivity contribution in [3.05, 3.63) is 49.7 Å². The molecule has 0 aliphatic heterocycles. The van der Waals surface area contributed by atoms with Crippen molar-refractivity contribution in [1.82, 2.24) is 4.72 Å². The summed E-state index contributed by atoms with van der Waals surface area (Å²) < 4.78 is 31.6. The van der Waals surface area contributed by atoms with Crippen LogP contribution in [-0.2, 0) is 19.6 Å². The molecule has 0 aliphatic rings. The van der Waals surface area contributed by atoms with Crippen molar-refractivity contribution < 1.29 is 27.7 Å². The lowest BCUT2D eigenvalue weighted by molar-refractivity contribution is -0.387. The minimum Gasteiger partial charge on any atom is -0.456 e. The molecule has 0 bridgehead atoms. The quantitative estimate of drug-likeness (QED) is 0.197. The maximum absolute atomic E-state index is 12.2. The number of halogens is 1. The molecule has 0 amide bonds. The van der Waals surface area contributed by atoms with Gasteiger partial charge in [-0.3, -0.25) is 19.7 Å². The van der Waals surface area contributed by atoms with Crippen LogP contribution in [0.4, 0.5) is 5.69 Å². The summed E-state index contributed by atoms with van der Waals surface area (Å²) in [7, 11) is -4.19. The number of thioether (sulfide) groups is 1. The van der Waals surface area contributed by atoms with Crippen LogP contribution < -0.4 is 4.72 Å². The van der Waals surface area contributed by atoms with E-state index in [1.807, 2.05) is 4.72 Å². The zero-order valence-corrected chi connectivity index (χ0v) is 17.4. The minimum absolute atomic E-state index is 0.301. The van der Waals surface area contributed by atoms with Crippen LogP contribution in [0, 0.1) is 10.1 Å². The van der Waals surface area contributed by atoms with Gasteiger partial charge in [-0.05, 0) is 30.5 Å². The van der Waals surface area contributed by atoms with E-state index in [2.05, 4.69) is 0 Å². The van der Waals surface area contributed by atoms with Crippen molar-refractivity contribution in [2.75, 3.05) is 19.4 Å². The molecule has 1 aromatic carbocycles. The monoisotopic (exact) mass is 464 g/mol. The molecule has 1 N–H and O–H groups in total. The summed E-state index contributed by atoms with van der Waals surface area (Å²) in [4.78, 5) is 34.1. The minimum atomic E-state index is -4.19. The fourth-order valence-corrected chi connectivity index (χ4v) is 4.45. The maximum atomic E-state index is 12.2. The summed E-state index contributed by atoms with van der Waals surface area (Å²) in [5.74, 6) is -1.45. The van der Waals surface area contributed by atoms with E-state index in [4.69, 9.17) is 16.3 Å². The summed E-state index contributed by atoms with van der Waals surface area (Å²) in [6.45, 7) is -1.30. The molecule has 13 heteroatoms. The zero-order valence-electron chi connectivity index (χ0n) is 14.2. The molecule has 0 radical (unpaired) electrons. The smallest absolute Gasteiger partial charge is 0.321 e. The normalized spacial score (nSPS) is 11.2. The Morgan fingerprint density at radius 3 is 2.61 bits per heavy atom. The zero-order chi connectivity index (χ0) is 20.9. The number of nitro groups is 1. The number of benzene rings is 1. The van der Waals surface area contributed by atoms with Gasteiger partial charge in [-0.1, -0.05) is 11.6 Å². The molecule has 150 valence electrons. The van der Waals surface area contributed by atoms with E-state index in [9.17, 15) is 28.1 Å². The second-order valence-corrected chi connectivity index (χ2v) is 9.43. The molecule has 0 saturated heterocycles. The number of esters is 1. The number of hydrogen-bond acceptors (Lipinski definition) is 9. The Labute approximate surface area is 173 Å². The molecule has 9 nitrogen and oxygen atoms in total. The Bertz CT molecular complexity index is 1020. The van der Waals surface area contributed by atoms with Crippen molar-refractivity contribution in [3.63, 3.8) is 0 Å². The van der Waals surface area contributed by atoms with Crippen LogP contribution in [-0.4, -0.2) is 44.5 Å². The fraction of sp³-hybridized carbons (Fsp3) is 0.200. The molecule has 0 spiro atoms. The molecule has 0 aliphatic carbocycles. The highest BCUT2D eigenvalue weighted by atomic mass is 35.5. The van der Waals surface area contributed by atoms with Crippen molar-refractivity contribution in [3.8, 4) is 0 Å². The van der Waals surface area contributed by atoms with Crippen LogP contribution in [0.2, 0.25) is 4.34 Å². The lowest BCUT2D eigenvalue weighted by Gasteiger charge is -2.08. The van der Waals surface area contributed by atoms with Gasteiger partial charge in [0.05, 0.1) is 23.9 Å². The van der Waals surface area contributed by atoms with Gasteiger partial charge in [-0.15, -0.1) is 23.1 Å². The number of ketones is 1. The average Bonchev–Trinajstić information content (AvgIpc) is 3.10. The summed E-state index contributed by atoms with van der Waals surface area (Å²) in [6.07, 6.45) is 1.62. The molecule has 2 aromatic rings. The van der Waals surface area contributed by atoms with Gasteiger partial charge in [0.1, 0.15) is 6.54 Å². The Balaban J connectivity index is 1.97. The average molecular weight is 465 g/mol. The molecular weight excluding hydrogens is 452 g/mol. The number of nitrogens with zero attached hydrogens (tertiary/aromatic N) is 1. The van der Waals surface area contributed by atoms with E-state index >= 15 is 0 Å². The number of nitrogens with one attached hydrogen (secondary N) is 1. The largest absolute Gasteiger partial charge is 0.456 e. The highest BCUT2D eigenvalue weighted by molar-refractivity contribution is 7.98. The van der Waals surface area contributed by atoms with Crippen LogP contribution in [0.15, 0.2) is 40.1 Å². The fourth-order valence-electron chi connectivity index (χ4n) is 1.95. The Morgan fingerprint density at radius 1 is 1.32 bits per heavy atom.